The number of hydrogen-bond acceptors (Lipinski definition) is 0. The van der Waals surface area contributed by atoms with E-state index in [9.17, 15) is 0 Å². The van der Waals surface area contributed by atoms with Crippen LogP contribution in [0.4, 0.5) is 0 Å². The molecule has 0 rings (SSSR count). The van der Waals surface area contributed by atoms with Crippen molar-refractivity contribution in [3.8, 4) is 0 Å². The fourth-order valence-corrected chi connectivity index (χ4v) is 0.580. The Balaban J connectivity index is 2.45. The van der Waals surface area contributed by atoms with E-state index < -0.39 is 0 Å². The van der Waals surface area contributed by atoms with Crippen molar-refractivity contribution in [2.75, 3.05) is 5.88 Å². The third-order valence-electron chi connectivity index (χ3n) is 0.806. The lowest BCUT2D eigenvalue weighted by molar-refractivity contribution is 0.854. The van der Waals surface area contributed by atoms with E-state index in [1.165, 1.54) is 12.8 Å². The van der Waals surface area contributed by atoms with Crippen LogP contribution in [0.5, 0.6) is 0 Å². The summed E-state index contributed by atoms with van der Waals surface area (Å²) in [5.74, 6) is 0.778. The van der Waals surface area contributed by atoms with Gasteiger partial charge in [0.15, 0.2) is 0 Å². The molecule has 0 unspecified atom stereocenters. The van der Waals surface area contributed by atoms with Crippen molar-refractivity contribution in [3.63, 3.8) is 0 Å². The van der Waals surface area contributed by atoms with Gasteiger partial charge in [-0.1, -0.05) is 19.8 Å². The minimum absolute atomic E-state index is 0.778. The molecule has 0 saturated heterocycles. The summed E-state index contributed by atoms with van der Waals surface area (Å²) in [6.07, 6.45) is 5.76. The third kappa shape index (κ3) is 6.29. The quantitative estimate of drug-likeness (QED) is 0.394. The summed E-state index contributed by atoms with van der Waals surface area (Å²) < 4.78 is 0. The van der Waals surface area contributed by atoms with Crippen molar-refractivity contribution in [2.24, 2.45) is 0 Å². The standard InChI is InChI=1S/C6H12Cl/c1-2-3-4-5-6-7/h4H,2-3,5-6H2,1H3. The zero-order valence-electron chi connectivity index (χ0n) is 4.78. The molecule has 1 radical (unpaired) electrons. The van der Waals surface area contributed by atoms with Crippen LogP contribution in [0.1, 0.15) is 26.2 Å². The van der Waals surface area contributed by atoms with Crippen molar-refractivity contribution in [1.29, 1.82) is 0 Å². The van der Waals surface area contributed by atoms with E-state index in [1.807, 2.05) is 0 Å². The van der Waals surface area contributed by atoms with Gasteiger partial charge in [0, 0.05) is 5.88 Å². The van der Waals surface area contributed by atoms with E-state index in [2.05, 4.69) is 13.3 Å². The molecule has 43 valence electrons. The van der Waals surface area contributed by atoms with Gasteiger partial charge in [0.2, 0.25) is 0 Å². The SMILES string of the molecule is CCC[CH]CCCl. The molecule has 1 heteroatoms. The number of rotatable bonds is 4. The summed E-state index contributed by atoms with van der Waals surface area (Å²) in [6.45, 7) is 2.17. The number of halogens is 1. The second kappa shape index (κ2) is 6.29. The summed E-state index contributed by atoms with van der Waals surface area (Å²) in [5.41, 5.74) is 0. The summed E-state index contributed by atoms with van der Waals surface area (Å²) in [7, 11) is 0. The van der Waals surface area contributed by atoms with Gasteiger partial charge in [0.1, 0.15) is 0 Å². The van der Waals surface area contributed by atoms with Gasteiger partial charge >= 0.3 is 0 Å². The minimum Gasteiger partial charge on any atom is -0.127 e. The minimum atomic E-state index is 0.778. The molecule has 0 spiro atoms. The molecule has 0 atom stereocenters. The van der Waals surface area contributed by atoms with Crippen LogP contribution in [-0.4, -0.2) is 5.88 Å². The molecule has 7 heavy (non-hydrogen) atoms. The lowest BCUT2D eigenvalue weighted by Gasteiger charge is -1.89. The molecule has 0 N–H and O–H groups in total. The van der Waals surface area contributed by atoms with Gasteiger partial charge in [0.05, 0.1) is 0 Å². The first-order valence-electron chi connectivity index (χ1n) is 2.79. The Morgan fingerprint density at radius 2 is 2.14 bits per heavy atom. The molecule has 0 fully saturated rings. The van der Waals surface area contributed by atoms with Gasteiger partial charge in [-0.2, -0.15) is 0 Å². The molecule has 0 aromatic rings. The molecule has 0 aromatic heterocycles. The molecule has 0 saturated carbocycles. The fraction of sp³-hybridized carbons (Fsp3) is 0.833. The Kier molecular flexibility index (Phi) is 6.55. The average molecular weight is 120 g/mol. The van der Waals surface area contributed by atoms with E-state index in [0.717, 1.165) is 12.3 Å². The molecular formula is C6H12Cl. The van der Waals surface area contributed by atoms with Gasteiger partial charge in [0.25, 0.3) is 0 Å². The van der Waals surface area contributed by atoms with Crippen LogP contribution in [0.25, 0.3) is 0 Å². The Morgan fingerprint density at radius 1 is 1.43 bits per heavy atom. The molecular weight excluding hydrogens is 108 g/mol. The van der Waals surface area contributed by atoms with E-state index in [4.69, 9.17) is 11.6 Å². The Morgan fingerprint density at radius 3 is 2.57 bits per heavy atom. The second-order valence-electron chi connectivity index (χ2n) is 1.56. The highest BCUT2D eigenvalue weighted by Crippen LogP contribution is 1.97. The van der Waals surface area contributed by atoms with Crippen molar-refractivity contribution < 1.29 is 0 Å². The molecule has 0 nitrogen and oxygen atoms in total. The smallest absolute Gasteiger partial charge is 0.0226 e. The topological polar surface area (TPSA) is 0 Å². The highest BCUT2D eigenvalue weighted by molar-refractivity contribution is 6.17. The number of unbranched alkanes of at least 4 members (excludes halogenated alkanes) is 3. The molecule has 0 aliphatic carbocycles. The van der Waals surface area contributed by atoms with Gasteiger partial charge in [-0.25, -0.2) is 0 Å². The summed E-state index contributed by atoms with van der Waals surface area (Å²) >= 11 is 5.41. The predicted octanol–water partition coefficient (Wildman–Crippen LogP) is 2.62. The molecule has 0 aliphatic rings. The Labute approximate surface area is 50.9 Å². The van der Waals surface area contributed by atoms with Gasteiger partial charge in [-0.05, 0) is 12.8 Å². The zero-order valence-corrected chi connectivity index (χ0v) is 5.54. The largest absolute Gasteiger partial charge is 0.127 e. The zero-order chi connectivity index (χ0) is 5.54. The highest BCUT2D eigenvalue weighted by Gasteiger charge is 1.81. The first-order chi connectivity index (χ1) is 3.41. The van der Waals surface area contributed by atoms with Crippen LogP contribution in [0, 0.1) is 6.42 Å². The Bertz CT molecular complexity index is 23.4. The van der Waals surface area contributed by atoms with Gasteiger partial charge < -0.3 is 0 Å². The summed E-state index contributed by atoms with van der Waals surface area (Å²) in [6, 6.07) is 0. The Hall–Kier alpha value is 0.290. The van der Waals surface area contributed by atoms with Crippen molar-refractivity contribution in [1.82, 2.24) is 0 Å². The normalized spacial score (nSPS) is 9.43. The van der Waals surface area contributed by atoms with Crippen LogP contribution >= 0.6 is 11.6 Å². The molecule has 0 aromatic carbocycles. The summed E-state index contributed by atoms with van der Waals surface area (Å²) in [5, 5.41) is 0. The maximum Gasteiger partial charge on any atom is 0.0226 e. The lowest BCUT2D eigenvalue weighted by atomic mass is 10.2. The second-order valence-corrected chi connectivity index (χ2v) is 1.93. The van der Waals surface area contributed by atoms with E-state index in [-0.39, 0.29) is 0 Å². The van der Waals surface area contributed by atoms with Crippen molar-refractivity contribution >= 4 is 11.6 Å². The highest BCUT2D eigenvalue weighted by atomic mass is 35.5. The maximum absolute atomic E-state index is 5.41. The molecule has 0 heterocycles. The van der Waals surface area contributed by atoms with E-state index in [0.29, 0.717) is 0 Å². The van der Waals surface area contributed by atoms with Crippen LogP contribution in [0.15, 0.2) is 0 Å². The maximum atomic E-state index is 5.41. The first kappa shape index (κ1) is 7.29. The number of hydrogen-bond donors (Lipinski definition) is 0. The van der Waals surface area contributed by atoms with Crippen LogP contribution in [0.2, 0.25) is 0 Å². The van der Waals surface area contributed by atoms with Gasteiger partial charge in [-0.15, -0.1) is 11.6 Å². The monoisotopic (exact) mass is 119 g/mol. The van der Waals surface area contributed by atoms with E-state index >= 15 is 0 Å². The molecule has 0 bridgehead atoms. The molecule has 0 amide bonds. The fourth-order valence-electron chi connectivity index (χ4n) is 0.426. The van der Waals surface area contributed by atoms with Crippen molar-refractivity contribution in [2.45, 2.75) is 26.2 Å². The van der Waals surface area contributed by atoms with E-state index in [1.54, 1.807) is 0 Å². The predicted molar refractivity (Wildman–Crippen MR) is 34.5 cm³/mol. The van der Waals surface area contributed by atoms with Crippen LogP contribution in [0.3, 0.4) is 0 Å². The molecule has 0 aliphatic heterocycles. The third-order valence-corrected chi connectivity index (χ3v) is 1.02. The van der Waals surface area contributed by atoms with Gasteiger partial charge in [-0.3, -0.25) is 0 Å². The van der Waals surface area contributed by atoms with Crippen LogP contribution < -0.4 is 0 Å². The van der Waals surface area contributed by atoms with Crippen LogP contribution in [-0.2, 0) is 0 Å². The number of alkyl halides is 1. The van der Waals surface area contributed by atoms with Crippen molar-refractivity contribution in [3.05, 3.63) is 6.42 Å². The lowest BCUT2D eigenvalue weighted by Crippen LogP contribution is -1.75. The average Bonchev–Trinajstić information content (AvgIpc) is 1.69. The summed E-state index contributed by atoms with van der Waals surface area (Å²) in [4.78, 5) is 0. The first-order valence-corrected chi connectivity index (χ1v) is 3.33.